The number of hydrogen-bond donors (Lipinski definition) is 2. The molecule has 5 rings (SSSR count). The molecule has 0 aliphatic carbocycles. The van der Waals surface area contributed by atoms with E-state index < -0.39 is 52.5 Å². The first-order valence-electron chi connectivity index (χ1n) is 14.1. The fourth-order valence-electron chi connectivity index (χ4n) is 5.58. The number of aromatic nitrogens is 1. The predicted molar refractivity (Wildman–Crippen MR) is 160 cm³/mol. The second-order valence-corrected chi connectivity index (χ2v) is 11.4. The minimum Gasteiger partial charge on any atom is -0.335 e. The topological polar surface area (TPSA) is 82.3 Å². The van der Waals surface area contributed by atoms with Gasteiger partial charge in [-0.15, -0.1) is 0 Å². The van der Waals surface area contributed by atoms with Crippen LogP contribution in [0.2, 0.25) is 5.02 Å². The summed E-state index contributed by atoms with van der Waals surface area (Å²) in [6, 6.07) is 15.0. The van der Waals surface area contributed by atoms with E-state index >= 15 is 0 Å². The van der Waals surface area contributed by atoms with Crippen molar-refractivity contribution in [2.45, 2.75) is 37.7 Å². The van der Waals surface area contributed by atoms with Gasteiger partial charge in [0.25, 0.3) is 11.8 Å². The summed E-state index contributed by atoms with van der Waals surface area (Å²) in [6.45, 7) is 0.0380. The number of piperidine rings is 1. The van der Waals surface area contributed by atoms with Crippen molar-refractivity contribution in [1.29, 1.82) is 0 Å². The number of nitrogens with zero attached hydrogens (tertiary/aromatic N) is 1. The molecule has 2 amide bonds. The van der Waals surface area contributed by atoms with Gasteiger partial charge in [0.05, 0.1) is 16.7 Å². The Hall–Kier alpha value is -4.58. The Morgan fingerprint density at radius 2 is 1.59 bits per heavy atom. The van der Waals surface area contributed by atoms with Gasteiger partial charge >= 0.3 is 12.4 Å². The Balaban J connectivity index is 1.38. The van der Waals surface area contributed by atoms with Crippen LogP contribution in [-0.2, 0) is 18.8 Å². The summed E-state index contributed by atoms with van der Waals surface area (Å²) in [5.41, 5.74) is -2.87. The standard InChI is InChI=1S/C33H26ClF6N3O3/c34-24-7-5-19(6-8-24)13-25-14-20(9-11-41-30(45)27-18-29(44)42-28-4-2-1-3-26(27)28)10-12-43(25)31(46)21-15-22(32(35,36)37)17-23(16-21)33(38,39)40/h1-9,11,15-18,20,25H,10,12-14H2,(H,41,45)(H,42,44)/b11-9+/t20?,25-/m1/s1. The van der Waals surface area contributed by atoms with E-state index in [-0.39, 0.29) is 30.5 Å². The Bertz CT molecular complexity index is 1820. The van der Waals surface area contributed by atoms with Crippen LogP contribution in [0.25, 0.3) is 10.9 Å². The normalized spacial score (nSPS) is 17.4. The summed E-state index contributed by atoms with van der Waals surface area (Å²) >= 11 is 6.00. The van der Waals surface area contributed by atoms with Crippen molar-refractivity contribution in [3.8, 4) is 0 Å². The summed E-state index contributed by atoms with van der Waals surface area (Å²) < 4.78 is 81.1. The fourth-order valence-corrected chi connectivity index (χ4v) is 5.71. The lowest BCUT2D eigenvalue weighted by atomic mass is 9.87. The van der Waals surface area contributed by atoms with Crippen molar-refractivity contribution in [3.05, 3.63) is 128 Å². The maximum Gasteiger partial charge on any atom is 0.416 e. The molecule has 1 aliphatic heterocycles. The molecule has 0 radical (unpaired) electrons. The molecule has 0 spiro atoms. The van der Waals surface area contributed by atoms with E-state index in [4.69, 9.17) is 11.6 Å². The number of carbonyl (C=O) groups is 2. The summed E-state index contributed by atoms with van der Waals surface area (Å²) in [4.78, 5) is 42.5. The van der Waals surface area contributed by atoms with E-state index in [1.54, 1.807) is 54.6 Å². The van der Waals surface area contributed by atoms with Crippen LogP contribution in [0, 0.1) is 5.92 Å². The number of carbonyl (C=O) groups excluding carboxylic acids is 2. The number of para-hydroxylation sites is 1. The third kappa shape index (κ3) is 7.61. The second kappa shape index (κ2) is 13.0. The van der Waals surface area contributed by atoms with Crippen LogP contribution in [-0.4, -0.2) is 34.3 Å². The summed E-state index contributed by atoms with van der Waals surface area (Å²) in [6.07, 6.45) is -6.16. The zero-order valence-electron chi connectivity index (χ0n) is 23.9. The molecule has 1 unspecified atom stereocenters. The highest BCUT2D eigenvalue weighted by molar-refractivity contribution is 6.30. The van der Waals surface area contributed by atoms with E-state index in [9.17, 15) is 40.7 Å². The lowest BCUT2D eigenvalue weighted by molar-refractivity contribution is -0.143. The van der Waals surface area contributed by atoms with E-state index in [2.05, 4.69) is 10.3 Å². The van der Waals surface area contributed by atoms with E-state index in [1.165, 1.54) is 17.2 Å². The van der Waals surface area contributed by atoms with Gasteiger partial charge in [-0.2, -0.15) is 26.3 Å². The Morgan fingerprint density at radius 3 is 2.24 bits per heavy atom. The number of alkyl halides is 6. The van der Waals surface area contributed by atoms with Gasteiger partial charge in [-0.25, -0.2) is 0 Å². The minimum absolute atomic E-state index is 0.0122. The molecule has 1 aliphatic rings. The highest BCUT2D eigenvalue weighted by Crippen LogP contribution is 2.37. The lowest BCUT2D eigenvalue weighted by Gasteiger charge is -2.39. The molecule has 46 heavy (non-hydrogen) atoms. The fraction of sp³-hybridized carbons (Fsp3) is 0.242. The van der Waals surface area contributed by atoms with Crippen molar-refractivity contribution in [2.24, 2.45) is 5.92 Å². The number of aromatic amines is 1. The monoisotopic (exact) mass is 661 g/mol. The Labute approximate surface area is 263 Å². The van der Waals surface area contributed by atoms with Crippen LogP contribution in [0.5, 0.6) is 0 Å². The first kappa shape index (κ1) is 32.8. The number of benzene rings is 3. The van der Waals surface area contributed by atoms with E-state index in [0.29, 0.717) is 40.9 Å². The number of fused-ring (bicyclic) bond motifs is 1. The zero-order chi connectivity index (χ0) is 33.2. The van der Waals surface area contributed by atoms with Crippen molar-refractivity contribution >= 4 is 34.3 Å². The van der Waals surface area contributed by atoms with Gasteiger partial charge in [-0.1, -0.05) is 48.0 Å². The number of H-pyrrole nitrogens is 1. The number of rotatable bonds is 6. The summed E-state index contributed by atoms with van der Waals surface area (Å²) in [7, 11) is 0. The van der Waals surface area contributed by atoms with Crippen molar-refractivity contribution in [2.75, 3.05) is 6.54 Å². The maximum absolute atomic E-state index is 13.6. The van der Waals surface area contributed by atoms with Crippen molar-refractivity contribution in [1.82, 2.24) is 15.2 Å². The lowest BCUT2D eigenvalue weighted by Crippen LogP contribution is -2.47. The molecular formula is C33H26ClF6N3O3. The predicted octanol–water partition coefficient (Wildman–Crippen LogP) is 7.63. The summed E-state index contributed by atoms with van der Waals surface area (Å²) in [5, 5.41) is 3.67. The molecule has 2 heterocycles. The second-order valence-electron chi connectivity index (χ2n) is 11.0. The third-order valence-electron chi connectivity index (χ3n) is 7.81. The average molecular weight is 662 g/mol. The van der Waals surface area contributed by atoms with Gasteiger partial charge in [0.15, 0.2) is 0 Å². The third-order valence-corrected chi connectivity index (χ3v) is 8.07. The van der Waals surface area contributed by atoms with Crippen molar-refractivity contribution < 1.29 is 35.9 Å². The highest BCUT2D eigenvalue weighted by Gasteiger charge is 2.39. The SMILES string of the molecule is O=C(N/C=C/C1CCN(C(=O)c2cc(C(F)(F)F)cc(C(F)(F)F)c2)[C@H](Cc2ccc(Cl)cc2)C1)c1cc(=O)[nH]c2ccccc12. The molecule has 2 atom stereocenters. The Kier molecular flexibility index (Phi) is 9.29. The van der Waals surface area contributed by atoms with Gasteiger partial charge in [0.1, 0.15) is 0 Å². The van der Waals surface area contributed by atoms with Gasteiger partial charge in [-0.3, -0.25) is 14.4 Å². The van der Waals surface area contributed by atoms with Crippen LogP contribution in [0.3, 0.4) is 0 Å². The first-order chi connectivity index (χ1) is 21.7. The van der Waals surface area contributed by atoms with E-state index in [0.717, 1.165) is 5.56 Å². The molecule has 2 N–H and O–H groups in total. The molecule has 1 saturated heterocycles. The molecule has 4 aromatic rings. The quantitative estimate of drug-likeness (QED) is 0.209. The maximum atomic E-state index is 13.6. The van der Waals surface area contributed by atoms with Crippen LogP contribution >= 0.6 is 11.6 Å². The largest absolute Gasteiger partial charge is 0.416 e. The molecule has 3 aromatic carbocycles. The van der Waals surface area contributed by atoms with Gasteiger partial charge in [0.2, 0.25) is 5.56 Å². The first-order valence-corrected chi connectivity index (χ1v) is 14.5. The minimum atomic E-state index is -5.10. The van der Waals surface area contributed by atoms with Crippen LogP contribution in [0.1, 0.15) is 50.2 Å². The number of nitrogens with one attached hydrogen (secondary N) is 2. The number of pyridine rings is 1. The van der Waals surface area contributed by atoms with Gasteiger partial charge in [-0.05, 0) is 67.1 Å². The van der Waals surface area contributed by atoms with Crippen molar-refractivity contribution in [3.63, 3.8) is 0 Å². The molecule has 0 saturated carbocycles. The van der Waals surface area contributed by atoms with E-state index in [1.807, 2.05) is 0 Å². The number of halogens is 7. The Morgan fingerprint density at radius 1 is 0.935 bits per heavy atom. The zero-order valence-corrected chi connectivity index (χ0v) is 24.6. The number of likely N-dealkylation sites (tertiary alicyclic amines) is 1. The molecule has 6 nitrogen and oxygen atoms in total. The van der Waals surface area contributed by atoms with Gasteiger partial charge in [0, 0.05) is 46.3 Å². The van der Waals surface area contributed by atoms with Crippen LogP contribution < -0.4 is 10.9 Å². The number of amides is 2. The molecule has 13 heteroatoms. The van der Waals surface area contributed by atoms with Crippen LogP contribution in [0.4, 0.5) is 26.3 Å². The molecule has 0 bridgehead atoms. The number of hydrogen-bond acceptors (Lipinski definition) is 3. The molecule has 240 valence electrons. The molecule has 1 aromatic heterocycles. The number of allylic oxidation sites excluding steroid dienone is 1. The molecule has 1 fully saturated rings. The highest BCUT2D eigenvalue weighted by atomic mass is 35.5. The van der Waals surface area contributed by atoms with Gasteiger partial charge < -0.3 is 15.2 Å². The molecular weight excluding hydrogens is 636 g/mol. The van der Waals surface area contributed by atoms with Crippen LogP contribution in [0.15, 0.2) is 89.9 Å². The average Bonchev–Trinajstić information content (AvgIpc) is 3.00. The smallest absolute Gasteiger partial charge is 0.335 e. The summed E-state index contributed by atoms with van der Waals surface area (Å²) in [5.74, 6) is -1.67.